The predicted molar refractivity (Wildman–Crippen MR) is 85.7 cm³/mol. The zero-order chi connectivity index (χ0) is 14.7. The van der Waals surface area contributed by atoms with E-state index in [1.54, 1.807) is 12.4 Å². The number of pyridine rings is 1. The van der Waals surface area contributed by atoms with Crippen molar-refractivity contribution in [3.63, 3.8) is 0 Å². The molecule has 3 rings (SSSR count). The predicted octanol–water partition coefficient (Wildman–Crippen LogP) is 3.58. The maximum absolute atomic E-state index is 12.6. The summed E-state index contributed by atoms with van der Waals surface area (Å²) in [7, 11) is 0. The first-order valence-corrected chi connectivity index (χ1v) is 7.94. The molecule has 0 atom stereocenters. The zero-order valence-electron chi connectivity index (χ0n) is 11.7. The summed E-state index contributed by atoms with van der Waals surface area (Å²) < 4.78 is 1.04. The van der Waals surface area contributed by atoms with E-state index in [1.165, 1.54) is 0 Å². The topological polar surface area (TPSA) is 33.2 Å². The van der Waals surface area contributed by atoms with E-state index in [2.05, 4.69) is 20.9 Å². The molecule has 0 aliphatic heterocycles. The quantitative estimate of drug-likeness (QED) is 0.830. The van der Waals surface area contributed by atoms with Gasteiger partial charge in [0.2, 0.25) is 5.91 Å². The van der Waals surface area contributed by atoms with Gasteiger partial charge in [-0.25, -0.2) is 0 Å². The van der Waals surface area contributed by atoms with Gasteiger partial charge in [0.05, 0.1) is 6.42 Å². The van der Waals surface area contributed by atoms with Crippen LogP contribution in [0.3, 0.4) is 0 Å². The Morgan fingerprint density at radius 3 is 2.38 bits per heavy atom. The Kier molecular flexibility index (Phi) is 4.34. The summed E-state index contributed by atoms with van der Waals surface area (Å²) in [5.74, 6) is 0.205. The SMILES string of the molecule is O=C(Cc1ccc(Br)cc1)N(Cc1ccncc1)C1CC1. The first-order valence-electron chi connectivity index (χ1n) is 7.15. The monoisotopic (exact) mass is 344 g/mol. The number of carbonyl (C=O) groups excluding carboxylic acids is 1. The van der Waals surface area contributed by atoms with Gasteiger partial charge in [0.1, 0.15) is 0 Å². The number of carbonyl (C=O) groups is 1. The van der Waals surface area contributed by atoms with Gasteiger partial charge in [-0.2, -0.15) is 0 Å². The van der Waals surface area contributed by atoms with E-state index in [9.17, 15) is 4.79 Å². The summed E-state index contributed by atoms with van der Waals surface area (Å²) in [6.07, 6.45) is 6.27. The van der Waals surface area contributed by atoms with Crippen molar-refractivity contribution in [2.75, 3.05) is 0 Å². The minimum Gasteiger partial charge on any atom is -0.335 e. The van der Waals surface area contributed by atoms with Crippen molar-refractivity contribution in [1.29, 1.82) is 0 Å². The molecular weight excluding hydrogens is 328 g/mol. The first kappa shape index (κ1) is 14.3. The van der Waals surface area contributed by atoms with Crippen molar-refractivity contribution in [3.05, 3.63) is 64.4 Å². The molecule has 21 heavy (non-hydrogen) atoms. The molecule has 2 aromatic rings. The molecule has 1 heterocycles. The summed E-state index contributed by atoms with van der Waals surface area (Å²) in [5.41, 5.74) is 2.20. The number of halogens is 1. The Balaban J connectivity index is 1.69. The van der Waals surface area contributed by atoms with E-state index in [1.807, 2.05) is 41.3 Å². The molecule has 0 bridgehead atoms. The smallest absolute Gasteiger partial charge is 0.227 e. The zero-order valence-corrected chi connectivity index (χ0v) is 13.3. The van der Waals surface area contributed by atoms with Crippen molar-refractivity contribution >= 4 is 21.8 Å². The molecule has 0 N–H and O–H groups in total. The van der Waals surface area contributed by atoms with Gasteiger partial charge in [-0.15, -0.1) is 0 Å². The van der Waals surface area contributed by atoms with Crippen molar-refractivity contribution in [1.82, 2.24) is 9.88 Å². The molecular formula is C17H17BrN2O. The highest BCUT2D eigenvalue weighted by atomic mass is 79.9. The van der Waals surface area contributed by atoms with Crippen LogP contribution in [0, 0.1) is 0 Å². The van der Waals surface area contributed by atoms with Crippen molar-refractivity contribution in [2.45, 2.75) is 31.8 Å². The molecule has 1 fully saturated rings. The standard InChI is InChI=1S/C17H17BrN2O/c18-15-3-1-13(2-4-15)11-17(21)20(16-5-6-16)12-14-7-9-19-10-8-14/h1-4,7-10,16H,5-6,11-12H2. The Labute approximate surface area is 133 Å². The van der Waals surface area contributed by atoms with Gasteiger partial charge in [-0.3, -0.25) is 9.78 Å². The molecule has 1 aromatic carbocycles. The molecule has 1 aliphatic carbocycles. The second-order valence-corrected chi connectivity index (χ2v) is 6.33. The van der Waals surface area contributed by atoms with Gasteiger partial charge in [0.15, 0.2) is 0 Å². The van der Waals surface area contributed by atoms with Crippen molar-refractivity contribution in [3.8, 4) is 0 Å². The highest BCUT2D eigenvalue weighted by Gasteiger charge is 2.32. The van der Waals surface area contributed by atoms with Crippen LogP contribution < -0.4 is 0 Å². The van der Waals surface area contributed by atoms with Gasteiger partial charge >= 0.3 is 0 Å². The average Bonchev–Trinajstić information content (AvgIpc) is 3.33. The number of hydrogen-bond acceptors (Lipinski definition) is 2. The lowest BCUT2D eigenvalue weighted by molar-refractivity contribution is -0.131. The highest BCUT2D eigenvalue weighted by Crippen LogP contribution is 2.29. The summed E-state index contributed by atoms with van der Waals surface area (Å²) in [4.78, 5) is 18.6. The van der Waals surface area contributed by atoms with Crippen LogP contribution in [0.15, 0.2) is 53.3 Å². The van der Waals surface area contributed by atoms with Crippen LogP contribution in [0.25, 0.3) is 0 Å². The summed E-state index contributed by atoms with van der Waals surface area (Å²) >= 11 is 3.42. The Bertz CT molecular complexity index is 608. The summed E-state index contributed by atoms with van der Waals surface area (Å²) in [6, 6.07) is 12.3. The maximum Gasteiger partial charge on any atom is 0.227 e. The molecule has 0 spiro atoms. The summed E-state index contributed by atoms with van der Waals surface area (Å²) in [6.45, 7) is 0.683. The molecule has 0 unspecified atom stereocenters. The average molecular weight is 345 g/mol. The second-order valence-electron chi connectivity index (χ2n) is 5.41. The van der Waals surface area contributed by atoms with Crippen molar-refractivity contribution < 1.29 is 4.79 Å². The van der Waals surface area contributed by atoms with Crippen LogP contribution in [-0.4, -0.2) is 21.8 Å². The first-order chi connectivity index (χ1) is 10.2. The number of benzene rings is 1. The Hall–Kier alpha value is -1.68. The van der Waals surface area contributed by atoms with Crippen molar-refractivity contribution in [2.24, 2.45) is 0 Å². The van der Waals surface area contributed by atoms with E-state index in [0.717, 1.165) is 28.4 Å². The molecule has 1 saturated carbocycles. The molecule has 1 aromatic heterocycles. The van der Waals surface area contributed by atoms with Crippen LogP contribution in [0.1, 0.15) is 24.0 Å². The Morgan fingerprint density at radius 2 is 1.76 bits per heavy atom. The fourth-order valence-corrected chi connectivity index (χ4v) is 2.63. The lowest BCUT2D eigenvalue weighted by Gasteiger charge is -2.22. The van der Waals surface area contributed by atoms with Crippen LogP contribution in [0.4, 0.5) is 0 Å². The van der Waals surface area contributed by atoms with Crippen LogP contribution in [0.5, 0.6) is 0 Å². The molecule has 0 radical (unpaired) electrons. The molecule has 108 valence electrons. The van der Waals surface area contributed by atoms with E-state index in [0.29, 0.717) is 19.0 Å². The van der Waals surface area contributed by atoms with Gasteiger partial charge in [0.25, 0.3) is 0 Å². The fourth-order valence-electron chi connectivity index (χ4n) is 2.37. The minimum atomic E-state index is 0.205. The number of aromatic nitrogens is 1. The summed E-state index contributed by atoms with van der Waals surface area (Å²) in [5, 5.41) is 0. The molecule has 4 heteroatoms. The van der Waals surface area contributed by atoms with Gasteiger partial charge < -0.3 is 4.90 Å². The van der Waals surface area contributed by atoms with E-state index in [-0.39, 0.29) is 5.91 Å². The third kappa shape index (κ3) is 3.91. The third-order valence-electron chi connectivity index (χ3n) is 3.68. The lowest BCUT2D eigenvalue weighted by atomic mass is 10.1. The largest absolute Gasteiger partial charge is 0.335 e. The van der Waals surface area contributed by atoms with Crippen LogP contribution in [0.2, 0.25) is 0 Å². The molecule has 1 aliphatic rings. The number of nitrogens with zero attached hydrogens (tertiary/aromatic N) is 2. The van der Waals surface area contributed by atoms with E-state index < -0.39 is 0 Å². The second kappa shape index (κ2) is 6.39. The normalized spacial score (nSPS) is 14.0. The lowest BCUT2D eigenvalue weighted by Crippen LogP contribution is -2.33. The van der Waals surface area contributed by atoms with Crippen LogP contribution >= 0.6 is 15.9 Å². The maximum atomic E-state index is 12.6. The molecule has 0 saturated heterocycles. The van der Waals surface area contributed by atoms with Crippen LogP contribution in [-0.2, 0) is 17.8 Å². The molecule has 3 nitrogen and oxygen atoms in total. The number of hydrogen-bond donors (Lipinski definition) is 0. The van der Waals surface area contributed by atoms with E-state index >= 15 is 0 Å². The fraction of sp³-hybridized carbons (Fsp3) is 0.294. The number of rotatable bonds is 5. The van der Waals surface area contributed by atoms with Gasteiger partial charge in [-0.1, -0.05) is 28.1 Å². The third-order valence-corrected chi connectivity index (χ3v) is 4.21. The van der Waals surface area contributed by atoms with Gasteiger partial charge in [0, 0.05) is 29.5 Å². The number of amides is 1. The molecule has 1 amide bonds. The minimum absolute atomic E-state index is 0.205. The van der Waals surface area contributed by atoms with E-state index in [4.69, 9.17) is 0 Å². The highest BCUT2D eigenvalue weighted by molar-refractivity contribution is 9.10. The van der Waals surface area contributed by atoms with Gasteiger partial charge in [-0.05, 0) is 48.2 Å². The Morgan fingerprint density at radius 1 is 1.10 bits per heavy atom.